The Morgan fingerprint density at radius 3 is 2.59 bits per heavy atom. The maximum absolute atomic E-state index is 14.3. The third kappa shape index (κ3) is 5.39. The number of rotatable bonds is 8. The van der Waals surface area contributed by atoms with E-state index in [1.165, 1.54) is 29.2 Å². The average Bonchev–Trinajstić information content (AvgIpc) is 3.38. The fourth-order valence-corrected chi connectivity index (χ4v) is 4.58. The van der Waals surface area contributed by atoms with E-state index in [0.717, 1.165) is 11.6 Å². The number of amides is 3. The first-order chi connectivity index (χ1) is 18.8. The lowest BCUT2D eigenvalue weighted by molar-refractivity contribution is -0.124. The Labute approximate surface area is 226 Å². The summed E-state index contributed by atoms with van der Waals surface area (Å²) >= 11 is 6.15. The molecule has 1 saturated carbocycles. The molecule has 10 nitrogen and oxygen atoms in total. The van der Waals surface area contributed by atoms with Crippen LogP contribution in [0.3, 0.4) is 0 Å². The number of primary amides is 1. The van der Waals surface area contributed by atoms with Crippen LogP contribution in [0, 0.1) is 5.82 Å². The Hall–Kier alpha value is -4.90. The molecule has 1 unspecified atom stereocenters. The smallest absolute Gasteiger partial charge is 0.251 e. The molecule has 1 aliphatic rings. The van der Waals surface area contributed by atoms with Gasteiger partial charge in [0, 0.05) is 28.3 Å². The van der Waals surface area contributed by atoms with Gasteiger partial charge in [-0.15, -0.1) is 5.10 Å². The molecule has 5 rings (SSSR count). The quantitative estimate of drug-likeness (QED) is 0.290. The van der Waals surface area contributed by atoms with Gasteiger partial charge in [-0.1, -0.05) is 41.9 Å². The van der Waals surface area contributed by atoms with E-state index < -0.39 is 29.1 Å². The number of hydrogen-bond acceptors (Lipinski definition) is 6. The van der Waals surface area contributed by atoms with Crippen LogP contribution in [0.4, 0.5) is 10.1 Å². The summed E-state index contributed by atoms with van der Waals surface area (Å²) in [4.78, 5) is 37.9. The van der Waals surface area contributed by atoms with E-state index in [0.29, 0.717) is 22.7 Å². The van der Waals surface area contributed by atoms with Crippen molar-refractivity contribution in [1.29, 1.82) is 0 Å². The van der Waals surface area contributed by atoms with Gasteiger partial charge < -0.3 is 16.4 Å². The lowest BCUT2D eigenvalue weighted by Crippen LogP contribution is -2.47. The van der Waals surface area contributed by atoms with Crippen LogP contribution in [-0.4, -0.2) is 43.5 Å². The van der Waals surface area contributed by atoms with Crippen LogP contribution in [0.15, 0.2) is 79.1 Å². The minimum atomic E-state index is -1.28. The highest BCUT2D eigenvalue weighted by atomic mass is 35.5. The lowest BCUT2D eigenvalue weighted by Gasteiger charge is -2.19. The molecule has 4 aromatic rings. The van der Waals surface area contributed by atoms with Gasteiger partial charge in [-0.25, -0.2) is 4.39 Å². The number of halogens is 2. The fraction of sp³-hybridized carbons (Fsp3) is 0.111. The summed E-state index contributed by atoms with van der Waals surface area (Å²) in [6, 6.07) is 17.9. The van der Waals surface area contributed by atoms with Crippen LogP contribution in [-0.2, 0) is 9.59 Å². The predicted octanol–water partition coefficient (Wildman–Crippen LogP) is 3.25. The van der Waals surface area contributed by atoms with Gasteiger partial charge in [-0.3, -0.25) is 14.4 Å². The Balaban J connectivity index is 1.39. The first-order valence-corrected chi connectivity index (χ1v) is 12.1. The molecule has 3 aromatic carbocycles. The van der Waals surface area contributed by atoms with Gasteiger partial charge >= 0.3 is 0 Å². The Bertz CT molecular complexity index is 1590. The highest BCUT2D eigenvalue weighted by Crippen LogP contribution is 2.52. The van der Waals surface area contributed by atoms with Crippen LogP contribution in [0.5, 0.6) is 0 Å². The van der Waals surface area contributed by atoms with E-state index >= 15 is 0 Å². The van der Waals surface area contributed by atoms with E-state index in [4.69, 9.17) is 17.3 Å². The van der Waals surface area contributed by atoms with E-state index in [1.807, 2.05) is 30.3 Å². The molecule has 1 aliphatic carbocycles. The molecule has 1 heterocycles. The molecule has 4 N–H and O–H groups in total. The molecule has 196 valence electrons. The summed E-state index contributed by atoms with van der Waals surface area (Å²) in [5.41, 5.74) is 5.73. The van der Waals surface area contributed by atoms with Crippen molar-refractivity contribution in [1.82, 2.24) is 25.5 Å². The number of tetrazole rings is 1. The number of hydrogen-bond donors (Lipinski definition) is 3. The van der Waals surface area contributed by atoms with Crippen molar-refractivity contribution in [3.63, 3.8) is 0 Å². The van der Waals surface area contributed by atoms with Gasteiger partial charge in [0.1, 0.15) is 17.7 Å². The van der Waals surface area contributed by atoms with Crippen molar-refractivity contribution < 1.29 is 18.8 Å². The molecule has 0 saturated heterocycles. The summed E-state index contributed by atoms with van der Waals surface area (Å²) in [6.45, 7) is 0. The van der Waals surface area contributed by atoms with E-state index in [1.54, 1.807) is 24.3 Å². The summed E-state index contributed by atoms with van der Waals surface area (Å²) in [7, 11) is 0. The summed E-state index contributed by atoms with van der Waals surface area (Å²) in [6.07, 6.45) is 4.57. The van der Waals surface area contributed by atoms with Gasteiger partial charge in [-0.2, -0.15) is 4.68 Å². The van der Waals surface area contributed by atoms with Crippen LogP contribution in [0.1, 0.15) is 33.8 Å². The number of benzene rings is 3. The second kappa shape index (κ2) is 10.5. The van der Waals surface area contributed by atoms with E-state index in [2.05, 4.69) is 26.2 Å². The molecule has 0 radical (unpaired) electrons. The topological polar surface area (TPSA) is 145 Å². The number of carbonyl (C=O) groups is 3. The largest absolute Gasteiger partial charge is 0.366 e. The van der Waals surface area contributed by atoms with Crippen molar-refractivity contribution in [3.05, 3.63) is 107 Å². The number of aromatic nitrogens is 4. The second-order valence-electron chi connectivity index (χ2n) is 8.93. The molecule has 12 heteroatoms. The monoisotopic (exact) mass is 545 g/mol. The summed E-state index contributed by atoms with van der Waals surface area (Å²) < 4.78 is 15.7. The van der Waals surface area contributed by atoms with Crippen molar-refractivity contribution in [2.24, 2.45) is 5.73 Å². The zero-order chi connectivity index (χ0) is 27.6. The Kier molecular flexibility index (Phi) is 6.90. The third-order valence-corrected chi connectivity index (χ3v) is 6.64. The fourth-order valence-electron chi connectivity index (χ4n) is 4.40. The minimum Gasteiger partial charge on any atom is -0.366 e. The Morgan fingerprint density at radius 2 is 1.90 bits per heavy atom. The van der Waals surface area contributed by atoms with Crippen molar-refractivity contribution >= 4 is 41.1 Å². The van der Waals surface area contributed by atoms with Gasteiger partial charge in [-0.05, 0) is 64.9 Å². The maximum Gasteiger partial charge on any atom is 0.251 e. The standard InChI is InChI=1S/C27H21ClFN7O3/c28-18-7-10-23(36-15-31-34-35-36)17(12-18)6-11-24(37)33-27(14-21(27)16-4-2-1-3-5-16)26(39)32-19-8-9-20(25(30)38)22(29)13-19/h1-13,15,21H,14H2,(H2,30,38)(H,32,39)(H,33,37)/b11-6+/t21-,27?/m0/s1. The van der Waals surface area contributed by atoms with Crippen LogP contribution >= 0.6 is 11.6 Å². The molecular formula is C27H21ClFN7O3. The molecule has 3 amide bonds. The molecule has 0 aliphatic heterocycles. The van der Waals surface area contributed by atoms with Gasteiger partial charge in [0.25, 0.3) is 11.8 Å². The number of nitrogens with one attached hydrogen (secondary N) is 2. The molecule has 0 bridgehead atoms. The van der Waals surface area contributed by atoms with Crippen molar-refractivity contribution in [2.45, 2.75) is 17.9 Å². The molecule has 2 atom stereocenters. The maximum atomic E-state index is 14.3. The van der Waals surface area contributed by atoms with Crippen LogP contribution < -0.4 is 16.4 Å². The molecular weight excluding hydrogens is 525 g/mol. The normalized spacial score (nSPS) is 18.1. The van der Waals surface area contributed by atoms with Gasteiger partial charge in [0.2, 0.25) is 5.91 Å². The number of carbonyl (C=O) groups excluding carboxylic acids is 3. The SMILES string of the molecule is NC(=O)c1ccc(NC(=O)C2(NC(=O)/C=C/c3cc(Cl)ccc3-n3cnnn3)C[C@H]2c2ccccc2)cc1F. The van der Waals surface area contributed by atoms with Crippen LogP contribution in [0.2, 0.25) is 5.02 Å². The zero-order valence-electron chi connectivity index (χ0n) is 20.2. The highest BCUT2D eigenvalue weighted by Gasteiger charge is 2.61. The summed E-state index contributed by atoms with van der Waals surface area (Å²) in [5.74, 6) is -3.15. The second-order valence-corrected chi connectivity index (χ2v) is 9.37. The van der Waals surface area contributed by atoms with E-state index in [9.17, 15) is 18.8 Å². The molecule has 39 heavy (non-hydrogen) atoms. The number of nitrogens with zero attached hydrogens (tertiary/aromatic N) is 4. The van der Waals surface area contributed by atoms with E-state index in [-0.39, 0.29) is 17.2 Å². The molecule has 1 fully saturated rings. The minimum absolute atomic E-state index is 0.121. The number of nitrogens with two attached hydrogens (primary N) is 1. The first-order valence-electron chi connectivity index (χ1n) is 11.8. The predicted molar refractivity (Wildman–Crippen MR) is 141 cm³/mol. The summed E-state index contributed by atoms with van der Waals surface area (Å²) in [5, 5.41) is 17.1. The molecule has 0 spiro atoms. The number of anilines is 1. The van der Waals surface area contributed by atoms with Crippen molar-refractivity contribution in [3.8, 4) is 5.69 Å². The van der Waals surface area contributed by atoms with Crippen molar-refractivity contribution in [2.75, 3.05) is 5.32 Å². The lowest BCUT2D eigenvalue weighted by atomic mass is 10.0. The average molecular weight is 546 g/mol. The van der Waals surface area contributed by atoms with Crippen LogP contribution in [0.25, 0.3) is 11.8 Å². The first kappa shape index (κ1) is 25.7. The zero-order valence-corrected chi connectivity index (χ0v) is 21.0. The van der Waals surface area contributed by atoms with Gasteiger partial charge in [0.15, 0.2) is 0 Å². The third-order valence-electron chi connectivity index (χ3n) is 6.41. The Morgan fingerprint density at radius 1 is 1.10 bits per heavy atom. The van der Waals surface area contributed by atoms with Gasteiger partial charge in [0.05, 0.1) is 11.3 Å². The molecule has 1 aromatic heterocycles. The highest BCUT2D eigenvalue weighted by molar-refractivity contribution is 6.30.